The molecular weight excluding hydrogens is 473 g/mol. The van der Waals surface area contributed by atoms with Gasteiger partial charge in [-0.2, -0.15) is 0 Å². The highest BCUT2D eigenvalue weighted by atomic mass is 19.1. The molecule has 1 aliphatic rings. The van der Waals surface area contributed by atoms with Crippen LogP contribution in [0.1, 0.15) is 30.9 Å². The van der Waals surface area contributed by atoms with Gasteiger partial charge in [0.1, 0.15) is 17.6 Å². The Morgan fingerprint density at radius 2 is 1.65 bits per heavy atom. The molecule has 1 atom stereocenters. The lowest BCUT2D eigenvalue weighted by atomic mass is 10.1. The maximum Gasteiger partial charge on any atom is 0.332 e. The summed E-state index contributed by atoms with van der Waals surface area (Å²) in [6, 6.07) is 18.6. The van der Waals surface area contributed by atoms with Gasteiger partial charge in [-0.05, 0) is 73.9 Å². The van der Waals surface area contributed by atoms with Gasteiger partial charge in [0.2, 0.25) is 5.91 Å². The first-order chi connectivity index (χ1) is 17.9. The minimum absolute atomic E-state index is 0.190. The average Bonchev–Trinajstić information content (AvgIpc) is 3.12. The van der Waals surface area contributed by atoms with Crippen LogP contribution in [0.4, 0.5) is 20.6 Å². The monoisotopic (exact) mass is 503 g/mol. The number of rotatable bonds is 10. The lowest BCUT2D eigenvalue weighted by Gasteiger charge is -2.21. The number of carbonyl (C=O) groups excluding carboxylic acids is 3. The van der Waals surface area contributed by atoms with Crippen LogP contribution in [-0.2, 0) is 16.0 Å². The Hall–Kier alpha value is -4.20. The normalized spacial score (nSPS) is 15.3. The largest absolute Gasteiger partial charge is 0.494 e. The van der Waals surface area contributed by atoms with E-state index < -0.39 is 18.0 Å². The summed E-state index contributed by atoms with van der Waals surface area (Å²) in [5, 5.41) is 2.81. The van der Waals surface area contributed by atoms with Crippen LogP contribution in [0.3, 0.4) is 0 Å². The Morgan fingerprint density at radius 3 is 2.30 bits per heavy atom. The number of nitrogens with one attached hydrogen (secondary N) is 1. The van der Waals surface area contributed by atoms with E-state index in [1.165, 1.54) is 17.0 Å². The van der Waals surface area contributed by atoms with Crippen molar-refractivity contribution < 1.29 is 23.5 Å². The third-order valence-corrected chi connectivity index (χ3v) is 6.16. The molecule has 4 amide bonds. The molecule has 1 N–H and O–H groups in total. The van der Waals surface area contributed by atoms with Crippen LogP contribution in [-0.4, -0.2) is 41.9 Å². The Kier molecular flexibility index (Phi) is 8.18. The zero-order valence-corrected chi connectivity index (χ0v) is 20.9. The molecule has 1 saturated heterocycles. The first kappa shape index (κ1) is 25.9. The van der Waals surface area contributed by atoms with Crippen LogP contribution in [0.25, 0.3) is 0 Å². The second-order valence-electron chi connectivity index (χ2n) is 9.00. The van der Waals surface area contributed by atoms with E-state index in [0.29, 0.717) is 30.2 Å². The minimum atomic E-state index is -0.957. The minimum Gasteiger partial charge on any atom is -0.494 e. The Morgan fingerprint density at radius 1 is 0.973 bits per heavy atom. The lowest BCUT2D eigenvalue weighted by molar-refractivity contribution is -0.124. The molecule has 0 aromatic heterocycles. The van der Waals surface area contributed by atoms with Gasteiger partial charge in [0, 0.05) is 12.2 Å². The maximum atomic E-state index is 13.4. The predicted octanol–water partition coefficient (Wildman–Crippen LogP) is 5.33. The van der Waals surface area contributed by atoms with Crippen LogP contribution in [0.2, 0.25) is 0 Å². The molecule has 37 heavy (non-hydrogen) atoms. The van der Waals surface area contributed by atoms with Crippen LogP contribution < -0.4 is 15.0 Å². The van der Waals surface area contributed by atoms with Gasteiger partial charge in [-0.15, -0.1) is 0 Å². The number of halogens is 1. The highest BCUT2D eigenvalue weighted by Crippen LogP contribution is 2.28. The summed E-state index contributed by atoms with van der Waals surface area (Å²) in [4.78, 5) is 42.3. The van der Waals surface area contributed by atoms with Crippen molar-refractivity contribution in [3.63, 3.8) is 0 Å². The van der Waals surface area contributed by atoms with Crippen molar-refractivity contribution in [3.8, 4) is 5.75 Å². The molecule has 0 aliphatic carbocycles. The van der Waals surface area contributed by atoms with E-state index in [9.17, 15) is 18.8 Å². The molecule has 1 fully saturated rings. The number of imide groups is 1. The van der Waals surface area contributed by atoms with Gasteiger partial charge in [-0.1, -0.05) is 36.8 Å². The second-order valence-corrected chi connectivity index (χ2v) is 9.00. The maximum absolute atomic E-state index is 13.4. The number of carbonyl (C=O) groups is 3. The quantitative estimate of drug-likeness (QED) is 0.379. The zero-order valence-electron chi connectivity index (χ0n) is 20.9. The molecule has 192 valence electrons. The molecule has 1 unspecified atom stereocenters. The molecule has 3 aromatic carbocycles. The van der Waals surface area contributed by atoms with Gasteiger partial charge >= 0.3 is 6.03 Å². The summed E-state index contributed by atoms with van der Waals surface area (Å²) < 4.78 is 18.9. The second kappa shape index (κ2) is 11.7. The van der Waals surface area contributed by atoms with Crippen molar-refractivity contribution in [2.24, 2.45) is 0 Å². The predicted molar refractivity (Wildman–Crippen MR) is 140 cm³/mol. The molecule has 0 bridgehead atoms. The summed E-state index contributed by atoms with van der Waals surface area (Å²) in [6.45, 7) is 4.75. The fourth-order valence-corrected chi connectivity index (χ4v) is 4.16. The van der Waals surface area contributed by atoms with Crippen molar-refractivity contribution in [1.29, 1.82) is 0 Å². The van der Waals surface area contributed by atoms with E-state index in [0.717, 1.165) is 22.4 Å². The van der Waals surface area contributed by atoms with Gasteiger partial charge in [0.15, 0.2) is 0 Å². The van der Waals surface area contributed by atoms with E-state index in [4.69, 9.17) is 4.74 Å². The number of benzene rings is 3. The molecule has 1 heterocycles. The Labute approximate surface area is 215 Å². The fourth-order valence-electron chi connectivity index (χ4n) is 4.16. The van der Waals surface area contributed by atoms with Crippen LogP contribution >= 0.6 is 0 Å². The van der Waals surface area contributed by atoms with Crippen molar-refractivity contribution in [2.75, 3.05) is 23.4 Å². The summed E-state index contributed by atoms with van der Waals surface area (Å²) in [7, 11) is 0. The molecule has 0 saturated carbocycles. The highest BCUT2D eigenvalue weighted by Gasteiger charge is 2.46. The summed E-state index contributed by atoms with van der Waals surface area (Å²) in [5.41, 5.74) is 2.85. The van der Waals surface area contributed by atoms with Crippen molar-refractivity contribution >= 4 is 29.2 Å². The smallest absolute Gasteiger partial charge is 0.332 e. The standard InChI is InChI=1S/C29H30FN3O4/c1-3-18-37-25-14-10-23(11-15-25)31-27(34)19-26-28(35)33(24-12-4-20(2)5-13-24)29(36)32(26)17-16-21-6-8-22(30)9-7-21/h4-15,26H,3,16-19H2,1-2H3,(H,31,34). The van der Waals surface area contributed by atoms with Gasteiger partial charge < -0.3 is 15.0 Å². The third kappa shape index (κ3) is 6.33. The first-order valence-corrected chi connectivity index (χ1v) is 12.3. The Bertz CT molecular complexity index is 1240. The van der Waals surface area contributed by atoms with Gasteiger partial charge in [0.05, 0.1) is 18.7 Å². The van der Waals surface area contributed by atoms with Crippen molar-refractivity contribution in [1.82, 2.24) is 4.90 Å². The lowest BCUT2D eigenvalue weighted by Crippen LogP contribution is -2.39. The van der Waals surface area contributed by atoms with Crippen LogP contribution in [0.5, 0.6) is 5.75 Å². The van der Waals surface area contributed by atoms with Gasteiger partial charge in [-0.3, -0.25) is 9.59 Å². The summed E-state index contributed by atoms with van der Waals surface area (Å²) in [6.07, 6.45) is 1.12. The molecule has 3 aromatic rings. The van der Waals surface area contributed by atoms with E-state index in [1.807, 2.05) is 26.0 Å². The number of ether oxygens (including phenoxy) is 1. The van der Waals surface area contributed by atoms with Crippen molar-refractivity contribution in [3.05, 3.63) is 89.7 Å². The molecule has 7 nitrogen and oxygen atoms in total. The molecule has 0 radical (unpaired) electrons. The van der Waals surface area contributed by atoms with E-state index >= 15 is 0 Å². The van der Waals surface area contributed by atoms with E-state index in [-0.39, 0.29) is 24.7 Å². The Balaban J connectivity index is 1.50. The number of nitrogens with zero attached hydrogens (tertiary/aromatic N) is 2. The van der Waals surface area contributed by atoms with Gasteiger partial charge in [0.25, 0.3) is 5.91 Å². The topological polar surface area (TPSA) is 79.0 Å². The number of urea groups is 1. The SMILES string of the molecule is CCCOc1ccc(NC(=O)CC2C(=O)N(c3ccc(C)cc3)C(=O)N2CCc2ccc(F)cc2)cc1. The van der Waals surface area contributed by atoms with E-state index in [2.05, 4.69) is 5.32 Å². The zero-order chi connectivity index (χ0) is 26.4. The van der Waals surface area contributed by atoms with E-state index in [1.54, 1.807) is 48.5 Å². The third-order valence-electron chi connectivity index (χ3n) is 6.16. The van der Waals surface area contributed by atoms with Crippen LogP contribution in [0.15, 0.2) is 72.8 Å². The molecule has 8 heteroatoms. The molecule has 4 rings (SSSR count). The number of hydrogen-bond donors (Lipinski definition) is 1. The number of aryl methyl sites for hydroxylation is 1. The molecule has 0 spiro atoms. The number of amides is 4. The van der Waals surface area contributed by atoms with Crippen molar-refractivity contribution in [2.45, 2.75) is 39.2 Å². The van der Waals surface area contributed by atoms with Gasteiger partial charge in [-0.25, -0.2) is 14.1 Å². The fraction of sp³-hybridized carbons (Fsp3) is 0.276. The number of anilines is 2. The summed E-state index contributed by atoms with van der Waals surface area (Å²) in [5.74, 6) is -0.476. The molecular formula is C29H30FN3O4. The summed E-state index contributed by atoms with van der Waals surface area (Å²) >= 11 is 0. The molecule has 1 aliphatic heterocycles. The van der Waals surface area contributed by atoms with Crippen LogP contribution in [0, 0.1) is 12.7 Å². The number of hydrogen-bond acceptors (Lipinski definition) is 4. The highest BCUT2D eigenvalue weighted by molar-refractivity contribution is 6.22. The first-order valence-electron chi connectivity index (χ1n) is 12.3. The average molecular weight is 504 g/mol.